The van der Waals surface area contributed by atoms with Gasteiger partial charge in [-0.15, -0.1) is 0 Å². The van der Waals surface area contributed by atoms with E-state index in [-0.39, 0.29) is 103 Å². The standard InChI is InChI=1S/C36H38N2O10S2.Rb/c1-5-6-13-22(2)37-28(36(45)50-20-27(34(43)46-4)38-23(3)39)21-49-35(44)26-16-9-12-19-31(26)48-33(42)25-15-8-11-18-30(25)47-32(41)24-14-7-10-17-29(24)40;/h7-19,27-28,37,40H,5-6,20-21H2,1-4H3,(H,38,39);/q;+1/p-1/b22-13+;. The van der Waals surface area contributed by atoms with Gasteiger partial charge < -0.3 is 30.0 Å². The summed E-state index contributed by atoms with van der Waals surface area (Å²) in [5, 5.41) is 16.8. The largest absolute Gasteiger partial charge is 1.00 e. The van der Waals surface area contributed by atoms with Crippen molar-refractivity contribution in [1.29, 1.82) is 0 Å². The van der Waals surface area contributed by atoms with E-state index in [0.717, 1.165) is 42.1 Å². The van der Waals surface area contributed by atoms with Crippen molar-refractivity contribution in [3.8, 4) is 17.2 Å². The van der Waals surface area contributed by atoms with Crippen LogP contribution in [0.4, 0.5) is 0 Å². The fourth-order valence-corrected chi connectivity index (χ4v) is 6.19. The molecule has 0 aliphatic heterocycles. The van der Waals surface area contributed by atoms with Gasteiger partial charge in [0.05, 0.1) is 18.2 Å². The van der Waals surface area contributed by atoms with E-state index in [4.69, 9.17) is 14.2 Å². The summed E-state index contributed by atoms with van der Waals surface area (Å²) in [4.78, 5) is 76.5. The fourth-order valence-electron chi connectivity index (χ4n) is 4.32. The average molecular weight is 807 g/mol. The molecule has 0 fully saturated rings. The molecular formula is C36H37N2O10RbS2. The van der Waals surface area contributed by atoms with E-state index in [0.29, 0.717) is 0 Å². The van der Waals surface area contributed by atoms with Crippen molar-refractivity contribution in [3.63, 3.8) is 0 Å². The molecule has 0 aromatic heterocycles. The molecule has 3 aromatic rings. The summed E-state index contributed by atoms with van der Waals surface area (Å²) in [5.74, 6) is -3.89. The van der Waals surface area contributed by atoms with Gasteiger partial charge in [-0.25, -0.2) is 14.4 Å². The molecule has 264 valence electrons. The third kappa shape index (κ3) is 14.0. The molecule has 0 aliphatic rings. The first kappa shape index (κ1) is 43.9. The van der Waals surface area contributed by atoms with E-state index in [1.807, 2.05) is 13.0 Å². The fraction of sp³-hybridized carbons (Fsp3) is 0.278. The van der Waals surface area contributed by atoms with Crippen LogP contribution in [-0.2, 0) is 19.1 Å². The van der Waals surface area contributed by atoms with Crippen molar-refractivity contribution in [1.82, 2.24) is 10.6 Å². The third-order valence-corrected chi connectivity index (χ3v) is 8.84. The quantitative estimate of drug-likeness (QED) is 0.158. The number of carbonyl (C=O) groups is 6. The number of esters is 3. The van der Waals surface area contributed by atoms with Gasteiger partial charge >= 0.3 is 76.1 Å². The van der Waals surface area contributed by atoms with Gasteiger partial charge in [-0.2, -0.15) is 0 Å². The molecule has 15 heteroatoms. The Morgan fingerprint density at radius 2 is 1.27 bits per heavy atom. The molecule has 51 heavy (non-hydrogen) atoms. The summed E-state index contributed by atoms with van der Waals surface area (Å²) in [5.41, 5.74) is 0.442. The summed E-state index contributed by atoms with van der Waals surface area (Å²) in [6.07, 6.45) is 3.57. The molecule has 1 amide bonds. The Balaban J connectivity index is 0.00000901. The number of rotatable bonds is 16. The van der Waals surface area contributed by atoms with E-state index in [9.17, 15) is 33.9 Å². The maximum absolute atomic E-state index is 13.5. The number of amides is 1. The van der Waals surface area contributed by atoms with Crippen LogP contribution in [0.15, 0.2) is 84.6 Å². The molecule has 0 heterocycles. The van der Waals surface area contributed by atoms with Crippen molar-refractivity contribution in [3.05, 3.63) is 101 Å². The van der Waals surface area contributed by atoms with Gasteiger partial charge in [0.2, 0.25) is 16.1 Å². The Kier molecular flexibility index (Phi) is 19.5. The van der Waals surface area contributed by atoms with E-state index in [1.54, 1.807) is 19.1 Å². The molecule has 3 aromatic carbocycles. The first-order valence-corrected chi connectivity index (χ1v) is 17.4. The van der Waals surface area contributed by atoms with Gasteiger partial charge in [-0.05, 0) is 43.7 Å². The van der Waals surface area contributed by atoms with Gasteiger partial charge in [0.1, 0.15) is 29.1 Å². The van der Waals surface area contributed by atoms with Crippen LogP contribution >= 0.6 is 23.5 Å². The minimum Gasteiger partial charge on any atom is -0.872 e. The summed E-state index contributed by atoms with van der Waals surface area (Å²) < 4.78 is 15.7. The zero-order valence-corrected chi connectivity index (χ0v) is 35.4. The van der Waals surface area contributed by atoms with Crippen LogP contribution in [0.25, 0.3) is 0 Å². The van der Waals surface area contributed by atoms with Crippen molar-refractivity contribution in [2.24, 2.45) is 0 Å². The third-order valence-electron chi connectivity index (χ3n) is 6.79. The normalized spacial score (nSPS) is 12.0. The summed E-state index contributed by atoms with van der Waals surface area (Å²) >= 11 is 1.63. The van der Waals surface area contributed by atoms with E-state index in [1.165, 1.54) is 74.7 Å². The first-order valence-electron chi connectivity index (χ1n) is 15.5. The zero-order chi connectivity index (χ0) is 36.6. The van der Waals surface area contributed by atoms with Crippen molar-refractivity contribution < 1.29 is 106 Å². The van der Waals surface area contributed by atoms with Crippen molar-refractivity contribution in [2.75, 3.05) is 18.6 Å². The second-order valence-electron chi connectivity index (χ2n) is 10.6. The molecule has 2 atom stereocenters. The number of hydrogen-bond acceptors (Lipinski definition) is 13. The van der Waals surface area contributed by atoms with Gasteiger partial charge in [0, 0.05) is 24.1 Å². The van der Waals surface area contributed by atoms with Crippen LogP contribution in [0.5, 0.6) is 17.2 Å². The van der Waals surface area contributed by atoms with Crippen LogP contribution in [0, 0.1) is 0 Å². The predicted octanol–water partition coefficient (Wildman–Crippen LogP) is 1.68. The summed E-state index contributed by atoms with van der Waals surface area (Å²) in [7, 11) is 1.18. The SMILES string of the molecule is CCC/C=C(\C)NC(CSC(=O)c1ccccc1OC(=O)c1ccccc1OC(=O)c1ccccc1[O-])C(=O)SCC(NC(C)=O)C(=O)OC.[Rb+]. The number of hydrogen-bond donors (Lipinski definition) is 2. The molecule has 0 spiro atoms. The molecule has 2 unspecified atom stereocenters. The van der Waals surface area contributed by atoms with Crippen molar-refractivity contribution in [2.45, 2.75) is 45.7 Å². The first-order chi connectivity index (χ1) is 23.9. The van der Waals surface area contributed by atoms with E-state index >= 15 is 0 Å². The zero-order valence-electron chi connectivity index (χ0n) is 28.9. The number of unbranched alkanes of at least 4 members (excludes halogenated alkanes) is 1. The van der Waals surface area contributed by atoms with Gasteiger partial charge in [-0.3, -0.25) is 14.4 Å². The second-order valence-corrected chi connectivity index (χ2v) is 12.7. The second kappa shape index (κ2) is 22.6. The van der Waals surface area contributed by atoms with Crippen LogP contribution < -0.4 is 83.4 Å². The number of ether oxygens (including phenoxy) is 3. The monoisotopic (exact) mass is 806 g/mol. The number of allylic oxidation sites excluding steroid dienone is 2. The molecule has 0 saturated heterocycles. The molecular weight excluding hydrogens is 770 g/mol. The maximum Gasteiger partial charge on any atom is 1.00 e. The molecule has 2 N–H and O–H groups in total. The smallest absolute Gasteiger partial charge is 0.872 e. The number of thioether (sulfide) groups is 2. The Labute approximate surface area is 353 Å². The number of para-hydroxylation sites is 3. The number of methoxy groups -OCH3 is 1. The Bertz CT molecular complexity index is 1750. The molecule has 3 rings (SSSR count). The molecule has 0 aliphatic carbocycles. The minimum absolute atomic E-state index is 0. The molecule has 12 nitrogen and oxygen atoms in total. The van der Waals surface area contributed by atoms with Gasteiger partial charge in [0.25, 0.3) is 0 Å². The molecule has 0 radical (unpaired) electrons. The van der Waals surface area contributed by atoms with Crippen molar-refractivity contribution >= 4 is 57.6 Å². The Morgan fingerprint density at radius 1 is 0.745 bits per heavy atom. The summed E-state index contributed by atoms with van der Waals surface area (Å²) in [6.45, 7) is 5.05. The maximum atomic E-state index is 13.5. The van der Waals surface area contributed by atoms with Gasteiger partial charge in [0.15, 0.2) is 0 Å². The average Bonchev–Trinajstić information content (AvgIpc) is 3.10. The topological polar surface area (TPSA) is 177 Å². The number of carbonyl (C=O) groups excluding carboxylic acids is 6. The number of nitrogens with one attached hydrogen (secondary N) is 2. The Hall–Kier alpha value is -3.27. The van der Waals surface area contributed by atoms with Crippen LogP contribution in [-0.4, -0.2) is 64.7 Å². The summed E-state index contributed by atoms with van der Waals surface area (Å²) in [6, 6.07) is 15.5. The van der Waals surface area contributed by atoms with Crippen LogP contribution in [0.1, 0.15) is 64.7 Å². The van der Waals surface area contributed by atoms with Crippen LogP contribution in [0.2, 0.25) is 0 Å². The molecule has 0 bridgehead atoms. The minimum atomic E-state index is -1.05. The van der Waals surface area contributed by atoms with Gasteiger partial charge in [-0.1, -0.05) is 91.2 Å². The number of benzene rings is 3. The van der Waals surface area contributed by atoms with E-state index < -0.39 is 46.8 Å². The van der Waals surface area contributed by atoms with Crippen LogP contribution in [0.3, 0.4) is 0 Å². The Morgan fingerprint density at radius 3 is 1.86 bits per heavy atom. The molecule has 0 saturated carbocycles. The predicted molar refractivity (Wildman–Crippen MR) is 188 cm³/mol. The van der Waals surface area contributed by atoms with E-state index in [2.05, 4.69) is 10.6 Å².